The van der Waals surface area contributed by atoms with Gasteiger partial charge in [-0.15, -0.1) is 0 Å². The van der Waals surface area contributed by atoms with E-state index in [4.69, 9.17) is 11.5 Å². The van der Waals surface area contributed by atoms with Crippen molar-refractivity contribution >= 4 is 11.7 Å². The van der Waals surface area contributed by atoms with Crippen molar-refractivity contribution in [1.82, 2.24) is 5.32 Å². The van der Waals surface area contributed by atoms with E-state index in [2.05, 4.69) is 10.3 Å². The standard InChI is InChI=1S/C9H18N4O/c1-8(14)13-9(11)4-7-12-6-3-2-5-10/h4,7,12H,2-3,5-6,10H2,1H3,(H2,11,13,14)/b7-4-. The SMILES string of the molecule is CC(=O)/N=C(N)\C=C/NCCCCN. The van der Waals surface area contributed by atoms with Crippen LogP contribution in [0.1, 0.15) is 19.8 Å². The molecule has 14 heavy (non-hydrogen) atoms. The lowest BCUT2D eigenvalue weighted by Gasteiger charge is -1.98. The zero-order valence-electron chi connectivity index (χ0n) is 8.49. The first-order chi connectivity index (χ1) is 6.66. The molecule has 0 rings (SSSR count). The lowest BCUT2D eigenvalue weighted by atomic mass is 10.3. The molecule has 5 nitrogen and oxygen atoms in total. The molecule has 0 saturated heterocycles. The molecule has 0 spiro atoms. The first kappa shape index (κ1) is 12.6. The molecule has 0 fully saturated rings. The number of amides is 1. The van der Waals surface area contributed by atoms with Crippen molar-refractivity contribution in [2.24, 2.45) is 16.5 Å². The Balaban J connectivity index is 3.57. The molecular formula is C9H18N4O. The van der Waals surface area contributed by atoms with Crippen molar-refractivity contribution in [2.75, 3.05) is 13.1 Å². The molecule has 0 heterocycles. The average molecular weight is 198 g/mol. The van der Waals surface area contributed by atoms with Gasteiger partial charge in [0.1, 0.15) is 5.84 Å². The van der Waals surface area contributed by atoms with Gasteiger partial charge >= 0.3 is 0 Å². The summed E-state index contributed by atoms with van der Waals surface area (Å²) < 4.78 is 0. The number of unbranched alkanes of at least 4 members (excludes halogenated alkanes) is 1. The average Bonchev–Trinajstić information content (AvgIpc) is 2.10. The first-order valence-corrected chi connectivity index (χ1v) is 4.61. The highest BCUT2D eigenvalue weighted by atomic mass is 16.1. The molecule has 80 valence electrons. The normalized spacial score (nSPS) is 12.0. The summed E-state index contributed by atoms with van der Waals surface area (Å²) in [5.41, 5.74) is 10.7. The molecule has 0 aromatic heterocycles. The third kappa shape index (κ3) is 8.73. The van der Waals surface area contributed by atoms with Gasteiger partial charge in [0.15, 0.2) is 0 Å². The van der Waals surface area contributed by atoms with E-state index in [0.717, 1.165) is 19.4 Å². The molecule has 0 bridgehead atoms. The minimum Gasteiger partial charge on any atom is -0.391 e. The number of hydrogen-bond acceptors (Lipinski definition) is 3. The summed E-state index contributed by atoms with van der Waals surface area (Å²) in [5, 5.41) is 3.02. The molecule has 5 N–H and O–H groups in total. The molecule has 0 aliphatic carbocycles. The number of nitrogens with one attached hydrogen (secondary N) is 1. The van der Waals surface area contributed by atoms with Crippen LogP contribution >= 0.6 is 0 Å². The molecule has 0 aromatic rings. The van der Waals surface area contributed by atoms with Gasteiger partial charge in [-0.3, -0.25) is 4.79 Å². The Hall–Kier alpha value is -1.36. The third-order valence-electron chi connectivity index (χ3n) is 1.43. The zero-order chi connectivity index (χ0) is 10.8. The number of carbonyl (C=O) groups excluding carboxylic acids is 1. The van der Waals surface area contributed by atoms with Crippen LogP contribution in [0.5, 0.6) is 0 Å². The van der Waals surface area contributed by atoms with Gasteiger partial charge < -0.3 is 16.8 Å². The smallest absolute Gasteiger partial charge is 0.244 e. The van der Waals surface area contributed by atoms with Gasteiger partial charge in [-0.25, -0.2) is 0 Å². The minimum absolute atomic E-state index is 0.212. The van der Waals surface area contributed by atoms with Crippen molar-refractivity contribution in [3.8, 4) is 0 Å². The molecule has 0 saturated carbocycles. The summed E-state index contributed by atoms with van der Waals surface area (Å²) in [6, 6.07) is 0. The highest BCUT2D eigenvalue weighted by Gasteiger charge is 1.87. The highest BCUT2D eigenvalue weighted by Crippen LogP contribution is 1.82. The molecular weight excluding hydrogens is 180 g/mol. The van der Waals surface area contributed by atoms with Gasteiger partial charge in [0.2, 0.25) is 5.91 Å². The van der Waals surface area contributed by atoms with E-state index in [-0.39, 0.29) is 11.7 Å². The van der Waals surface area contributed by atoms with Crippen LogP contribution in [-0.4, -0.2) is 24.8 Å². The molecule has 0 radical (unpaired) electrons. The fourth-order valence-electron chi connectivity index (χ4n) is 0.818. The Kier molecular flexibility index (Phi) is 7.45. The number of carbonyl (C=O) groups is 1. The van der Waals surface area contributed by atoms with Gasteiger partial charge in [-0.2, -0.15) is 4.99 Å². The van der Waals surface area contributed by atoms with Crippen LogP contribution in [0.3, 0.4) is 0 Å². The van der Waals surface area contributed by atoms with Gasteiger partial charge in [0.25, 0.3) is 0 Å². The largest absolute Gasteiger partial charge is 0.391 e. The quantitative estimate of drug-likeness (QED) is 0.311. The van der Waals surface area contributed by atoms with Crippen LogP contribution in [0, 0.1) is 0 Å². The Bertz CT molecular complexity index is 223. The number of amidine groups is 1. The topological polar surface area (TPSA) is 93.5 Å². The molecule has 0 atom stereocenters. The number of nitrogens with zero attached hydrogens (tertiary/aromatic N) is 1. The number of rotatable bonds is 6. The predicted molar refractivity (Wildman–Crippen MR) is 57.7 cm³/mol. The zero-order valence-corrected chi connectivity index (χ0v) is 8.49. The van der Waals surface area contributed by atoms with Gasteiger partial charge in [-0.05, 0) is 25.5 Å². The van der Waals surface area contributed by atoms with Crippen LogP contribution in [0.2, 0.25) is 0 Å². The highest BCUT2D eigenvalue weighted by molar-refractivity contribution is 5.99. The summed E-state index contributed by atoms with van der Waals surface area (Å²) in [6.45, 7) is 2.91. The fourth-order valence-corrected chi connectivity index (χ4v) is 0.818. The van der Waals surface area contributed by atoms with Gasteiger partial charge in [-0.1, -0.05) is 0 Å². The molecule has 0 unspecified atom stereocenters. The molecule has 0 aliphatic heterocycles. The molecule has 5 heteroatoms. The van der Waals surface area contributed by atoms with Crippen LogP contribution < -0.4 is 16.8 Å². The van der Waals surface area contributed by atoms with Crippen LogP contribution in [0.4, 0.5) is 0 Å². The van der Waals surface area contributed by atoms with E-state index in [1.807, 2.05) is 0 Å². The lowest BCUT2D eigenvalue weighted by molar-refractivity contribution is -0.115. The second-order valence-corrected chi connectivity index (χ2v) is 2.84. The van der Waals surface area contributed by atoms with E-state index >= 15 is 0 Å². The van der Waals surface area contributed by atoms with Gasteiger partial charge in [0.05, 0.1) is 0 Å². The molecule has 0 aliphatic rings. The van der Waals surface area contributed by atoms with Gasteiger partial charge in [0, 0.05) is 19.7 Å². The maximum absolute atomic E-state index is 10.5. The second kappa shape index (κ2) is 8.25. The summed E-state index contributed by atoms with van der Waals surface area (Å²) in [4.78, 5) is 14.0. The van der Waals surface area contributed by atoms with E-state index in [0.29, 0.717) is 6.54 Å². The van der Waals surface area contributed by atoms with E-state index in [1.54, 1.807) is 12.3 Å². The first-order valence-electron chi connectivity index (χ1n) is 4.61. The number of nitrogens with two attached hydrogens (primary N) is 2. The Morgan fingerprint density at radius 3 is 2.79 bits per heavy atom. The number of hydrogen-bond donors (Lipinski definition) is 3. The van der Waals surface area contributed by atoms with Crippen molar-refractivity contribution in [2.45, 2.75) is 19.8 Å². The van der Waals surface area contributed by atoms with Crippen LogP contribution in [0.25, 0.3) is 0 Å². The van der Waals surface area contributed by atoms with Crippen LogP contribution in [0.15, 0.2) is 17.3 Å². The Morgan fingerprint density at radius 2 is 2.21 bits per heavy atom. The van der Waals surface area contributed by atoms with Crippen molar-refractivity contribution in [1.29, 1.82) is 0 Å². The van der Waals surface area contributed by atoms with E-state index in [1.165, 1.54) is 6.92 Å². The van der Waals surface area contributed by atoms with E-state index in [9.17, 15) is 4.79 Å². The molecule has 1 amide bonds. The summed E-state index contributed by atoms with van der Waals surface area (Å²) in [5.74, 6) is -0.0842. The van der Waals surface area contributed by atoms with Crippen molar-refractivity contribution in [3.05, 3.63) is 12.3 Å². The summed E-state index contributed by atoms with van der Waals surface area (Å²) >= 11 is 0. The number of aliphatic imine (C=N–C) groups is 1. The predicted octanol–water partition coefficient (Wildman–Crippen LogP) is -0.268. The van der Waals surface area contributed by atoms with E-state index < -0.39 is 0 Å². The second-order valence-electron chi connectivity index (χ2n) is 2.84. The lowest BCUT2D eigenvalue weighted by Crippen LogP contribution is -2.14. The Morgan fingerprint density at radius 1 is 1.50 bits per heavy atom. The third-order valence-corrected chi connectivity index (χ3v) is 1.43. The molecule has 0 aromatic carbocycles. The fraction of sp³-hybridized carbons (Fsp3) is 0.556. The minimum atomic E-state index is -0.296. The summed E-state index contributed by atoms with van der Waals surface area (Å²) in [6.07, 6.45) is 5.25. The Labute approximate surface area is 84.3 Å². The van der Waals surface area contributed by atoms with Crippen LogP contribution in [-0.2, 0) is 4.79 Å². The monoisotopic (exact) mass is 198 g/mol. The maximum Gasteiger partial charge on any atom is 0.244 e. The van der Waals surface area contributed by atoms with Crippen molar-refractivity contribution in [3.63, 3.8) is 0 Å². The van der Waals surface area contributed by atoms with Crippen molar-refractivity contribution < 1.29 is 4.79 Å². The summed E-state index contributed by atoms with van der Waals surface area (Å²) in [7, 11) is 0. The maximum atomic E-state index is 10.5.